The van der Waals surface area contributed by atoms with Crippen LogP contribution in [0.3, 0.4) is 0 Å². The highest BCUT2D eigenvalue weighted by atomic mass is 16.6. The number of imide groups is 2. The quantitative estimate of drug-likeness (QED) is 0.227. The molecular formula is C23H31N3O9. The Hall–Kier alpha value is -2.90. The van der Waals surface area contributed by atoms with E-state index in [0.717, 1.165) is 4.90 Å². The van der Waals surface area contributed by atoms with Gasteiger partial charge >= 0.3 is 0 Å². The van der Waals surface area contributed by atoms with Crippen molar-refractivity contribution in [2.24, 2.45) is 5.73 Å². The van der Waals surface area contributed by atoms with Crippen LogP contribution in [0, 0.1) is 0 Å². The van der Waals surface area contributed by atoms with Crippen molar-refractivity contribution < 1.29 is 42.9 Å². The minimum Gasteiger partial charge on any atom is -0.490 e. The first-order valence-corrected chi connectivity index (χ1v) is 11.5. The summed E-state index contributed by atoms with van der Waals surface area (Å²) in [4.78, 5) is 50.3. The lowest BCUT2D eigenvalue weighted by atomic mass is 10.0. The molecule has 1 aromatic rings. The van der Waals surface area contributed by atoms with E-state index in [0.29, 0.717) is 52.8 Å². The first-order valence-electron chi connectivity index (χ1n) is 11.5. The molecule has 192 valence electrons. The molecule has 2 aliphatic rings. The normalized spacial score (nSPS) is 17.6. The van der Waals surface area contributed by atoms with Crippen molar-refractivity contribution in [1.82, 2.24) is 10.2 Å². The molecule has 2 heterocycles. The average molecular weight is 494 g/mol. The smallest absolute Gasteiger partial charge is 0.266 e. The number of fused-ring (bicyclic) bond motifs is 1. The van der Waals surface area contributed by atoms with Gasteiger partial charge in [0.1, 0.15) is 18.4 Å². The van der Waals surface area contributed by atoms with Crippen LogP contribution in [0.5, 0.6) is 5.75 Å². The first-order chi connectivity index (χ1) is 17.0. The minimum atomic E-state index is -1.02. The molecule has 1 fully saturated rings. The minimum absolute atomic E-state index is 0.0610. The van der Waals surface area contributed by atoms with Crippen LogP contribution in [0.1, 0.15) is 33.6 Å². The van der Waals surface area contributed by atoms with Gasteiger partial charge in [0.2, 0.25) is 11.8 Å². The second-order valence-corrected chi connectivity index (χ2v) is 7.71. The van der Waals surface area contributed by atoms with Crippen LogP contribution < -0.4 is 15.8 Å². The highest BCUT2D eigenvalue weighted by Gasteiger charge is 2.45. The van der Waals surface area contributed by atoms with Gasteiger partial charge in [0.05, 0.1) is 64.0 Å². The molecule has 0 aromatic heterocycles. The van der Waals surface area contributed by atoms with Gasteiger partial charge < -0.3 is 29.4 Å². The third-order valence-electron chi connectivity index (χ3n) is 5.29. The average Bonchev–Trinajstić information content (AvgIpc) is 3.10. The Labute approximate surface area is 202 Å². The molecule has 4 amide bonds. The predicted octanol–water partition coefficient (Wildman–Crippen LogP) is -0.508. The van der Waals surface area contributed by atoms with Crippen LogP contribution in [-0.2, 0) is 28.5 Å². The predicted molar refractivity (Wildman–Crippen MR) is 121 cm³/mol. The summed E-state index contributed by atoms with van der Waals surface area (Å²) < 4.78 is 27.1. The van der Waals surface area contributed by atoms with Gasteiger partial charge in [-0.05, 0) is 18.6 Å². The summed E-state index contributed by atoms with van der Waals surface area (Å²) in [7, 11) is 0. The Kier molecular flexibility index (Phi) is 10.6. The van der Waals surface area contributed by atoms with Crippen molar-refractivity contribution >= 4 is 23.6 Å². The van der Waals surface area contributed by atoms with E-state index in [9.17, 15) is 19.2 Å². The number of rotatable bonds is 16. The Morgan fingerprint density at radius 3 is 2.03 bits per heavy atom. The Morgan fingerprint density at radius 2 is 1.43 bits per heavy atom. The van der Waals surface area contributed by atoms with Crippen LogP contribution in [-0.4, -0.2) is 101 Å². The molecule has 35 heavy (non-hydrogen) atoms. The van der Waals surface area contributed by atoms with Gasteiger partial charge in [-0.3, -0.25) is 29.4 Å². The number of carbonyl (C=O) groups is 4. The van der Waals surface area contributed by atoms with E-state index in [1.165, 1.54) is 6.07 Å². The molecule has 1 atom stereocenters. The maximum Gasteiger partial charge on any atom is 0.266 e. The Morgan fingerprint density at radius 1 is 0.829 bits per heavy atom. The molecule has 0 spiro atoms. The number of benzene rings is 1. The number of ether oxygens (including phenoxy) is 5. The van der Waals surface area contributed by atoms with E-state index in [1.807, 2.05) is 0 Å². The topological polar surface area (TPSA) is 156 Å². The third kappa shape index (κ3) is 7.29. The van der Waals surface area contributed by atoms with Crippen molar-refractivity contribution in [2.45, 2.75) is 18.9 Å². The van der Waals surface area contributed by atoms with Gasteiger partial charge in [-0.2, -0.15) is 0 Å². The molecule has 12 heteroatoms. The monoisotopic (exact) mass is 493 g/mol. The van der Waals surface area contributed by atoms with Crippen LogP contribution in [0.15, 0.2) is 18.2 Å². The summed E-state index contributed by atoms with van der Waals surface area (Å²) in [5, 5.41) is 2.17. The third-order valence-corrected chi connectivity index (χ3v) is 5.29. The molecule has 2 aliphatic heterocycles. The second-order valence-electron chi connectivity index (χ2n) is 7.71. The highest BCUT2D eigenvalue weighted by Crippen LogP contribution is 2.33. The molecule has 1 aromatic carbocycles. The molecule has 1 unspecified atom stereocenters. The molecule has 1 saturated heterocycles. The Balaban J connectivity index is 1.35. The molecule has 0 radical (unpaired) electrons. The maximum atomic E-state index is 13.0. The summed E-state index contributed by atoms with van der Waals surface area (Å²) in [5.41, 5.74) is 5.59. The zero-order valence-electron chi connectivity index (χ0n) is 19.5. The molecule has 3 N–H and O–H groups in total. The van der Waals surface area contributed by atoms with Crippen LogP contribution >= 0.6 is 0 Å². The van der Waals surface area contributed by atoms with Crippen LogP contribution in [0.2, 0.25) is 0 Å². The number of nitrogens with zero attached hydrogens (tertiary/aromatic N) is 1. The lowest BCUT2D eigenvalue weighted by Crippen LogP contribution is -2.54. The lowest BCUT2D eigenvalue weighted by molar-refractivity contribution is -0.136. The standard InChI is InChI=1S/C23H31N3O9/c24-6-7-31-8-9-32-10-11-33-12-13-34-14-15-35-18-3-1-2-16-20(18)23(30)26(22(16)29)17-4-5-19(27)25-21(17)28/h1-3,17H,4-15,24H2,(H,25,27,28). The number of hydrogen-bond donors (Lipinski definition) is 2. The van der Waals surface area contributed by atoms with Gasteiger partial charge in [-0.15, -0.1) is 0 Å². The van der Waals surface area contributed by atoms with Gasteiger partial charge in [-0.25, -0.2) is 0 Å². The zero-order valence-corrected chi connectivity index (χ0v) is 19.5. The number of amides is 4. The maximum absolute atomic E-state index is 13.0. The van der Waals surface area contributed by atoms with Crippen molar-refractivity contribution in [2.75, 3.05) is 66.0 Å². The fourth-order valence-corrected chi connectivity index (χ4v) is 3.66. The molecule has 0 saturated carbocycles. The summed E-state index contributed by atoms with van der Waals surface area (Å²) >= 11 is 0. The summed E-state index contributed by atoms with van der Waals surface area (Å²) in [5.74, 6) is -2.03. The number of piperidine rings is 1. The SMILES string of the molecule is NCCOCCOCCOCCOCCOc1cccc2c1C(=O)N(C1CCC(=O)NC1=O)C2=O. The molecule has 3 rings (SSSR count). The fourth-order valence-electron chi connectivity index (χ4n) is 3.66. The summed E-state index contributed by atoms with van der Waals surface area (Å²) in [6.45, 7) is 4.04. The van der Waals surface area contributed by atoms with E-state index < -0.39 is 29.7 Å². The van der Waals surface area contributed by atoms with Crippen molar-refractivity contribution in [1.29, 1.82) is 0 Å². The summed E-state index contributed by atoms with van der Waals surface area (Å²) in [6, 6.07) is 3.68. The number of nitrogens with two attached hydrogens (primary N) is 1. The van der Waals surface area contributed by atoms with Crippen molar-refractivity contribution in [3.8, 4) is 5.75 Å². The zero-order chi connectivity index (χ0) is 25.0. The van der Waals surface area contributed by atoms with E-state index in [-0.39, 0.29) is 42.9 Å². The van der Waals surface area contributed by atoms with E-state index in [1.54, 1.807) is 12.1 Å². The highest BCUT2D eigenvalue weighted by molar-refractivity contribution is 6.24. The molecule has 0 aliphatic carbocycles. The van der Waals surface area contributed by atoms with E-state index in [2.05, 4.69) is 5.32 Å². The van der Waals surface area contributed by atoms with Gasteiger partial charge in [0.15, 0.2) is 0 Å². The molecule has 0 bridgehead atoms. The number of carbonyl (C=O) groups excluding carboxylic acids is 4. The Bertz CT molecular complexity index is 908. The van der Waals surface area contributed by atoms with Crippen molar-refractivity contribution in [3.05, 3.63) is 29.3 Å². The van der Waals surface area contributed by atoms with Crippen LogP contribution in [0.4, 0.5) is 0 Å². The van der Waals surface area contributed by atoms with Crippen molar-refractivity contribution in [3.63, 3.8) is 0 Å². The van der Waals surface area contributed by atoms with Gasteiger partial charge in [0, 0.05) is 13.0 Å². The second kappa shape index (κ2) is 13.9. The summed E-state index contributed by atoms with van der Waals surface area (Å²) in [6.07, 6.45) is 0.156. The molecular weight excluding hydrogens is 462 g/mol. The first kappa shape index (κ1) is 26.7. The fraction of sp³-hybridized carbons (Fsp3) is 0.565. The van der Waals surface area contributed by atoms with E-state index in [4.69, 9.17) is 29.4 Å². The van der Waals surface area contributed by atoms with Crippen LogP contribution in [0.25, 0.3) is 0 Å². The van der Waals surface area contributed by atoms with Gasteiger partial charge in [-0.1, -0.05) is 6.07 Å². The number of nitrogens with one attached hydrogen (secondary N) is 1. The van der Waals surface area contributed by atoms with Gasteiger partial charge in [0.25, 0.3) is 11.8 Å². The lowest BCUT2D eigenvalue weighted by Gasteiger charge is -2.27. The van der Waals surface area contributed by atoms with E-state index >= 15 is 0 Å². The molecule has 12 nitrogen and oxygen atoms in total. The number of hydrogen-bond acceptors (Lipinski definition) is 10. The largest absolute Gasteiger partial charge is 0.490 e.